The Bertz CT molecular complexity index is 859. The van der Waals surface area contributed by atoms with E-state index in [1.54, 1.807) is 0 Å². The maximum atomic E-state index is 12.8. The van der Waals surface area contributed by atoms with Crippen LogP contribution < -0.4 is 10.2 Å². The fourth-order valence-electron chi connectivity index (χ4n) is 3.60. The number of nitrogens with zero attached hydrogens (tertiary/aromatic N) is 3. The van der Waals surface area contributed by atoms with Gasteiger partial charge in [0.2, 0.25) is 5.91 Å². The number of pyridine rings is 1. The molecule has 0 bridgehead atoms. The molecule has 0 radical (unpaired) electrons. The lowest BCUT2D eigenvalue weighted by Crippen LogP contribution is -2.53. The van der Waals surface area contributed by atoms with Gasteiger partial charge in [0, 0.05) is 38.1 Å². The Kier molecular flexibility index (Phi) is 6.65. The first-order chi connectivity index (χ1) is 14.2. The molecule has 1 aromatic carbocycles. The predicted octanol–water partition coefficient (Wildman–Crippen LogP) is 4.37. The van der Waals surface area contributed by atoms with Crippen LogP contribution in [0.5, 0.6) is 0 Å². The van der Waals surface area contributed by atoms with Crippen LogP contribution in [0.25, 0.3) is 0 Å². The van der Waals surface area contributed by atoms with Crippen LogP contribution in [0.1, 0.15) is 37.8 Å². The zero-order chi connectivity index (χ0) is 21.9. The second kappa shape index (κ2) is 9.04. The maximum Gasteiger partial charge on any atom is 0.417 e. The Morgan fingerprint density at radius 2 is 1.70 bits per heavy atom. The Morgan fingerprint density at radius 3 is 2.27 bits per heavy atom. The third kappa shape index (κ3) is 5.11. The Labute approximate surface area is 174 Å². The second-order valence-corrected chi connectivity index (χ2v) is 7.83. The summed E-state index contributed by atoms with van der Waals surface area (Å²) in [6.07, 6.45) is -3.52. The van der Waals surface area contributed by atoms with E-state index in [9.17, 15) is 18.0 Å². The average Bonchev–Trinajstić information content (AvgIpc) is 2.73. The van der Waals surface area contributed by atoms with Gasteiger partial charge in [-0.05, 0) is 36.6 Å². The molecule has 1 unspecified atom stereocenters. The highest BCUT2D eigenvalue weighted by Gasteiger charge is 2.31. The number of piperazine rings is 1. The fraction of sp³-hybridized carbons (Fsp3) is 0.455. The van der Waals surface area contributed by atoms with Gasteiger partial charge in [-0.2, -0.15) is 13.2 Å². The molecule has 1 amide bonds. The van der Waals surface area contributed by atoms with E-state index in [0.29, 0.717) is 37.9 Å². The number of alkyl halides is 3. The Hall–Kier alpha value is -2.61. The number of carbonyl (C=O) groups is 1. The van der Waals surface area contributed by atoms with Crippen molar-refractivity contribution in [3.63, 3.8) is 0 Å². The third-order valence-corrected chi connectivity index (χ3v) is 5.48. The van der Waals surface area contributed by atoms with E-state index in [1.165, 1.54) is 6.07 Å². The zero-order valence-corrected chi connectivity index (χ0v) is 17.4. The lowest BCUT2D eigenvalue weighted by molar-refractivity contribution is -0.137. The molecule has 1 aromatic heterocycles. The van der Waals surface area contributed by atoms with Crippen molar-refractivity contribution < 1.29 is 18.0 Å². The van der Waals surface area contributed by atoms with E-state index in [2.05, 4.69) is 29.0 Å². The predicted molar refractivity (Wildman–Crippen MR) is 112 cm³/mol. The number of anilines is 2. The molecule has 1 atom stereocenters. The van der Waals surface area contributed by atoms with Crippen LogP contribution in [0.2, 0.25) is 0 Å². The van der Waals surface area contributed by atoms with Crippen LogP contribution in [0.4, 0.5) is 24.7 Å². The summed E-state index contributed by atoms with van der Waals surface area (Å²) in [6, 6.07) is 9.93. The number of aromatic nitrogens is 1. The molecule has 1 aliphatic heterocycles. The van der Waals surface area contributed by atoms with Gasteiger partial charge in [-0.25, -0.2) is 4.98 Å². The van der Waals surface area contributed by atoms with E-state index in [-0.39, 0.29) is 11.9 Å². The first-order valence-electron chi connectivity index (χ1n) is 10.1. The number of benzene rings is 1. The molecular weight excluding hydrogens is 393 g/mol. The van der Waals surface area contributed by atoms with Crippen LogP contribution in [-0.4, -0.2) is 48.0 Å². The summed E-state index contributed by atoms with van der Waals surface area (Å²) in [4.78, 5) is 20.8. The SMILES string of the molecule is CC(C)c1ccccc1NC(=O)C(C)N1CCN(c2ccc(C(F)(F)F)cn2)CC1. The topological polar surface area (TPSA) is 48.5 Å². The van der Waals surface area contributed by atoms with E-state index in [1.807, 2.05) is 36.1 Å². The quantitative estimate of drug-likeness (QED) is 0.780. The Balaban J connectivity index is 1.57. The van der Waals surface area contributed by atoms with Crippen molar-refractivity contribution in [2.45, 2.75) is 38.9 Å². The largest absolute Gasteiger partial charge is 0.417 e. The number of para-hydroxylation sites is 1. The average molecular weight is 420 g/mol. The van der Waals surface area contributed by atoms with Gasteiger partial charge in [0.15, 0.2) is 0 Å². The molecule has 1 aliphatic rings. The molecule has 2 heterocycles. The summed E-state index contributed by atoms with van der Waals surface area (Å²) in [5, 5.41) is 3.04. The van der Waals surface area contributed by atoms with Crippen LogP contribution in [0, 0.1) is 0 Å². The summed E-state index contributed by atoms with van der Waals surface area (Å²) in [7, 11) is 0. The van der Waals surface area contributed by atoms with Crippen LogP contribution in [0.3, 0.4) is 0 Å². The van der Waals surface area contributed by atoms with Gasteiger partial charge in [-0.3, -0.25) is 9.69 Å². The number of rotatable bonds is 5. The molecule has 0 aliphatic carbocycles. The van der Waals surface area contributed by atoms with Gasteiger partial charge in [0.05, 0.1) is 11.6 Å². The highest BCUT2D eigenvalue weighted by molar-refractivity contribution is 5.95. The van der Waals surface area contributed by atoms with Gasteiger partial charge in [0.25, 0.3) is 0 Å². The number of amides is 1. The summed E-state index contributed by atoms with van der Waals surface area (Å²) < 4.78 is 38.1. The normalized spacial score (nSPS) is 16.6. The van der Waals surface area contributed by atoms with Crippen molar-refractivity contribution in [1.29, 1.82) is 0 Å². The van der Waals surface area contributed by atoms with Crippen molar-refractivity contribution in [3.8, 4) is 0 Å². The number of nitrogens with one attached hydrogen (secondary N) is 1. The standard InChI is InChI=1S/C22H27F3N4O/c1-15(2)18-6-4-5-7-19(18)27-21(30)16(3)28-10-12-29(13-11-28)20-9-8-17(14-26-20)22(23,24)25/h4-9,14-16H,10-13H2,1-3H3,(H,27,30). The monoisotopic (exact) mass is 420 g/mol. The highest BCUT2D eigenvalue weighted by atomic mass is 19.4. The van der Waals surface area contributed by atoms with Crippen molar-refractivity contribution in [1.82, 2.24) is 9.88 Å². The number of carbonyl (C=O) groups excluding carboxylic acids is 1. The summed E-state index contributed by atoms with van der Waals surface area (Å²) in [5.74, 6) is 0.756. The molecule has 3 rings (SSSR count). The maximum absolute atomic E-state index is 12.8. The van der Waals surface area contributed by atoms with E-state index in [4.69, 9.17) is 0 Å². The minimum absolute atomic E-state index is 0.0656. The van der Waals surface area contributed by atoms with Crippen LogP contribution in [0.15, 0.2) is 42.6 Å². The van der Waals surface area contributed by atoms with Crippen molar-refractivity contribution >= 4 is 17.4 Å². The summed E-state index contributed by atoms with van der Waals surface area (Å²) in [5.41, 5.74) is 1.17. The Morgan fingerprint density at radius 1 is 1.03 bits per heavy atom. The van der Waals surface area contributed by atoms with Gasteiger partial charge in [-0.1, -0.05) is 32.0 Å². The third-order valence-electron chi connectivity index (χ3n) is 5.48. The fourth-order valence-corrected chi connectivity index (χ4v) is 3.60. The van der Waals surface area contributed by atoms with E-state index < -0.39 is 11.7 Å². The molecule has 1 N–H and O–H groups in total. The molecule has 5 nitrogen and oxygen atoms in total. The first-order valence-corrected chi connectivity index (χ1v) is 10.1. The van der Waals surface area contributed by atoms with E-state index >= 15 is 0 Å². The number of hydrogen-bond acceptors (Lipinski definition) is 4. The smallest absolute Gasteiger partial charge is 0.354 e. The van der Waals surface area contributed by atoms with Gasteiger partial charge >= 0.3 is 6.18 Å². The molecule has 1 saturated heterocycles. The van der Waals surface area contributed by atoms with Crippen molar-refractivity contribution in [2.75, 3.05) is 36.4 Å². The van der Waals surface area contributed by atoms with Crippen LogP contribution in [-0.2, 0) is 11.0 Å². The summed E-state index contributed by atoms with van der Waals surface area (Å²) in [6.45, 7) is 8.49. The number of halogens is 3. The van der Waals surface area contributed by atoms with Gasteiger partial charge in [0.1, 0.15) is 5.82 Å². The highest BCUT2D eigenvalue weighted by Crippen LogP contribution is 2.29. The van der Waals surface area contributed by atoms with E-state index in [0.717, 1.165) is 23.5 Å². The van der Waals surface area contributed by atoms with Crippen molar-refractivity contribution in [2.24, 2.45) is 0 Å². The molecule has 8 heteroatoms. The van der Waals surface area contributed by atoms with Crippen molar-refractivity contribution in [3.05, 3.63) is 53.7 Å². The molecule has 0 spiro atoms. The van der Waals surface area contributed by atoms with Gasteiger partial charge < -0.3 is 10.2 Å². The van der Waals surface area contributed by atoms with Crippen LogP contribution >= 0.6 is 0 Å². The molecule has 30 heavy (non-hydrogen) atoms. The zero-order valence-electron chi connectivity index (χ0n) is 17.4. The number of hydrogen-bond donors (Lipinski definition) is 1. The molecule has 2 aromatic rings. The molecule has 1 fully saturated rings. The first kappa shape index (κ1) is 22.1. The molecular formula is C22H27F3N4O. The minimum Gasteiger partial charge on any atom is -0.354 e. The second-order valence-electron chi connectivity index (χ2n) is 7.83. The lowest BCUT2D eigenvalue weighted by atomic mass is 10.0. The minimum atomic E-state index is -4.39. The summed E-state index contributed by atoms with van der Waals surface area (Å²) >= 11 is 0. The molecule has 162 valence electrons. The lowest BCUT2D eigenvalue weighted by Gasteiger charge is -2.38. The van der Waals surface area contributed by atoms with Gasteiger partial charge in [-0.15, -0.1) is 0 Å². The molecule has 0 saturated carbocycles.